The first kappa shape index (κ1) is 13.2. The van der Waals surface area contributed by atoms with E-state index in [1.807, 2.05) is 18.5 Å². The molecule has 0 spiro atoms. The van der Waals surface area contributed by atoms with Gasteiger partial charge in [0.1, 0.15) is 0 Å². The second-order valence-corrected chi connectivity index (χ2v) is 8.39. The molecule has 0 radical (unpaired) electrons. The van der Waals surface area contributed by atoms with Crippen molar-refractivity contribution in [2.45, 2.75) is 44.2 Å². The molecule has 0 saturated heterocycles. The van der Waals surface area contributed by atoms with Crippen LogP contribution in [0.3, 0.4) is 0 Å². The molecule has 3 nitrogen and oxygen atoms in total. The van der Waals surface area contributed by atoms with Crippen LogP contribution in [0.2, 0.25) is 0 Å². The minimum Gasteiger partial charge on any atom is -0.307 e. The van der Waals surface area contributed by atoms with Crippen LogP contribution in [0.5, 0.6) is 0 Å². The van der Waals surface area contributed by atoms with Gasteiger partial charge in [0.25, 0.3) is 0 Å². The van der Waals surface area contributed by atoms with Crippen molar-refractivity contribution in [3.63, 3.8) is 0 Å². The summed E-state index contributed by atoms with van der Waals surface area (Å²) in [7, 11) is 0. The molecular weight excluding hydrogens is 290 g/mol. The van der Waals surface area contributed by atoms with Crippen molar-refractivity contribution in [1.82, 2.24) is 15.3 Å². The third kappa shape index (κ3) is 2.04. The van der Waals surface area contributed by atoms with Crippen molar-refractivity contribution in [2.75, 3.05) is 0 Å². The van der Waals surface area contributed by atoms with Crippen molar-refractivity contribution in [2.24, 2.45) is 17.8 Å². The number of thiophene rings is 1. The summed E-state index contributed by atoms with van der Waals surface area (Å²) >= 11 is 1.69. The minimum absolute atomic E-state index is 0.444. The highest BCUT2D eigenvalue weighted by molar-refractivity contribution is 7.13. The van der Waals surface area contributed by atoms with Gasteiger partial charge >= 0.3 is 0 Å². The van der Waals surface area contributed by atoms with Crippen LogP contribution in [0, 0.1) is 17.8 Å². The summed E-state index contributed by atoms with van der Waals surface area (Å²) in [6.07, 6.45) is 11.2. The SMILES string of the molecule is c1csc(-c2ncc(CNC34CC5CC(CC3C5)C4)cn2)c1. The number of nitrogens with zero attached hydrogens (tertiary/aromatic N) is 2. The number of rotatable bonds is 4. The summed E-state index contributed by atoms with van der Waals surface area (Å²) in [5.74, 6) is 3.78. The summed E-state index contributed by atoms with van der Waals surface area (Å²) < 4.78 is 0. The molecule has 4 fully saturated rings. The van der Waals surface area contributed by atoms with Gasteiger partial charge in [0, 0.05) is 30.0 Å². The minimum atomic E-state index is 0.444. The predicted molar refractivity (Wildman–Crippen MR) is 88.5 cm³/mol. The molecular formula is C18H21N3S. The quantitative estimate of drug-likeness (QED) is 0.931. The molecule has 2 atom stereocenters. The zero-order valence-electron chi connectivity index (χ0n) is 12.7. The van der Waals surface area contributed by atoms with Gasteiger partial charge in [-0.25, -0.2) is 9.97 Å². The Morgan fingerprint density at radius 1 is 1.14 bits per heavy atom. The maximum atomic E-state index is 4.53. The summed E-state index contributed by atoms with van der Waals surface area (Å²) in [6, 6.07) is 4.12. The Morgan fingerprint density at radius 2 is 1.91 bits per heavy atom. The maximum Gasteiger partial charge on any atom is 0.169 e. The zero-order valence-corrected chi connectivity index (χ0v) is 13.5. The highest BCUT2D eigenvalue weighted by Crippen LogP contribution is 2.60. The van der Waals surface area contributed by atoms with Crippen molar-refractivity contribution >= 4 is 11.3 Å². The maximum absolute atomic E-state index is 4.53. The largest absolute Gasteiger partial charge is 0.307 e. The third-order valence-electron chi connectivity index (χ3n) is 6.08. The molecule has 0 aliphatic heterocycles. The average Bonchev–Trinajstić information content (AvgIpc) is 3.20. The van der Waals surface area contributed by atoms with Crippen LogP contribution in [0.1, 0.15) is 37.7 Å². The van der Waals surface area contributed by atoms with E-state index in [1.165, 1.54) is 37.7 Å². The van der Waals surface area contributed by atoms with Crippen molar-refractivity contribution < 1.29 is 0 Å². The van der Waals surface area contributed by atoms with Crippen LogP contribution in [0.25, 0.3) is 10.7 Å². The second-order valence-electron chi connectivity index (χ2n) is 7.45. The lowest BCUT2D eigenvalue weighted by atomic mass is 9.80. The van der Waals surface area contributed by atoms with Crippen LogP contribution in [0.15, 0.2) is 29.9 Å². The smallest absolute Gasteiger partial charge is 0.169 e. The van der Waals surface area contributed by atoms with Gasteiger partial charge < -0.3 is 5.32 Å². The first-order valence-electron chi connectivity index (χ1n) is 8.41. The highest BCUT2D eigenvalue weighted by Gasteiger charge is 2.57. The first-order valence-corrected chi connectivity index (χ1v) is 9.28. The van der Waals surface area contributed by atoms with Crippen LogP contribution < -0.4 is 5.32 Å². The second kappa shape index (κ2) is 4.87. The van der Waals surface area contributed by atoms with E-state index in [0.29, 0.717) is 5.54 Å². The fourth-order valence-electron chi connectivity index (χ4n) is 5.34. The molecule has 2 heterocycles. The summed E-state index contributed by atoms with van der Waals surface area (Å²) in [4.78, 5) is 10.2. The Kier molecular flexibility index (Phi) is 2.92. The number of aromatic nitrogens is 2. The molecule has 4 heteroatoms. The zero-order chi connectivity index (χ0) is 14.6. The molecule has 0 amide bonds. The standard InChI is InChI=1S/C18H21N3S/c1-2-16(22-3-1)17-19-9-14(10-20-17)11-21-18-7-12-4-13(8-18)6-15(18)5-12/h1-3,9-10,12-13,15,21H,4-8,11H2. The van der Waals surface area contributed by atoms with Gasteiger partial charge in [0.2, 0.25) is 0 Å². The Labute approximate surface area is 135 Å². The monoisotopic (exact) mass is 311 g/mol. The van der Waals surface area contributed by atoms with Gasteiger partial charge in [0.05, 0.1) is 4.88 Å². The molecule has 1 N–H and O–H groups in total. The molecule has 4 bridgehead atoms. The Hall–Kier alpha value is -1.26. The van der Waals surface area contributed by atoms with E-state index in [9.17, 15) is 0 Å². The fourth-order valence-corrected chi connectivity index (χ4v) is 6.01. The molecule has 6 rings (SSSR count). The average molecular weight is 311 g/mol. The van der Waals surface area contributed by atoms with Gasteiger partial charge in [-0.3, -0.25) is 0 Å². The van der Waals surface area contributed by atoms with E-state index < -0.39 is 0 Å². The number of nitrogens with one attached hydrogen (secondary N) is 1. The first-order chi connectivity index (χ1) is 10.8. The lowest BCUT2D eigenvalue weighted by Gasteiger charge is -2.34. The predicted octanol–water partition coefficient (Wildman–Crippen LogP) is 3.87. The fraction of sp³-hybridized carbons (Fsp3) is 0.556. The summed E-state index contributed by atoms with van der Waals surface area (Å²) in [6.45, 7) is 0.917. The summed E-state index contributed by atoms with van der Waals surface area (Å²) in [5, 5.41) is 5.98. The van der Waals surface area contributed by atoms with Gasteiger partial charge in [-0.15, -0.1) is 11.3 Å². The normalized spacial score (nSPS) is 35.4. The van der Waals surface area contributed by atoms with Gasteiger partial charge in [-0.1, -0.05) is 6.07 Å². The molecule has 2 aromatic rings. The Bertz CT molecular complexity index is 650. The lowest BCUT2D eigenvalue weighted by Crippen LogP contribution is -2.45. The highest BCUT2D eigenvalue weighted by atomic mass is 32.1. The topological polar surface area (TPSA) is 37.8 Å². The van der Waals surface area contributed by atoms with Gasteiger partial charge in [0.15, 0.2) is 5.82 Å². The van der Waals surface area contributed by atoms with E-state index in [4.69, 9.17) is 0 Å². The Morgan fingerprint density at radius 3 is 2.59 bits per heavy atom. The van der Waals surface area contributed by atoms with E-state index in [2.05, 4.69) is 26.7 Å². The molecule has 2 unspecified atom stereocenters. The third-order valence-corrected chi connectivity index (χ3v) is 6.95. The van der Waals surface area contributed by atoms with Gasteiger partial charge in [-0.05, 0) is 61.3 Å². The lowest BCUT2D eigenvalue weighted by molar-refractivity contribution is 0.233. The van der Waals surface area contributed by atoms with Crippen LogP contribution in [0.4, 0.5) is 0 Å². The van der Waals surface area contributed by atoms with Gasteiger partial charge in [-0.2, -0.15) is 0 Å². The van der Waals surface area contributed by atoms with E-state index in [0.717, 1.165) is 35.0 Å². The van der Waals surface area contributed by atoms with Crippen molar-refractivity contribution in [3.8, 4) is 10.7 Å². The molecule has 114 valence electrons. The van der Waals surface area contributed by atoms with Crippen molar-refractivity contribution in [1.29, 1.82) is 0 Å². The molecule has 4 saturated carbocycles. The van der Waals surface area contributed by atoms with Crippen LogP contribution in [-0.2, 0) is 6.54 Å². The van der Waals surface area contributed by atoms with Crippen molar-refractivity contribution in [3.05, 3.63) is 35.5 Å². The summed E-state index contributed by atoms with van der Waals surface area (Å²) in [5.41, 5.74) is 1.65. The molecule has 22 heavy (non-hydrogen) atoms. The van der Waals surface area contributed by atoms with Crippen LogP contribution in [-0.4, -0.2) is 15.5 Å². The molecule has 2 aromatic heterocycles. The van der Waals surface area contributed by atoms with Crippen LogP contribution >= 0.6 is 11.3 Å². The molecule has 0 aromatic carbocycles. The van der Waals surface area contributed by atoms with E-state index >= 15 is 0 Å². The van der Waals surface area contributed by atoms with E-state index in [1.54, 1.807) is 11.3 Å². The number of hydrogen-bond acceptors (Lipinski definition) is 4. The molecule has 4 aliphatic carbocycles. The number of hydrogen-bond donors (Lipinski definition) is 1. The molecule has 4 aliphatic rings. The Balaban J connectivity index is 1.29. The van der Waals surface area contributed by atoms with E-state index in [-0.39, 0.29) is 0 Å².